The number of hydrogen-bond donors (Lipinski definition) is 1. The molecule has 1 amide bonds. The smallest absolute Gasteiger partial charge is 0.252 e. The van der Waals surface area contributed by atoms with Gasteiger partial charge in [0, 0.05) is 12.2 Å². The Morgan fingerprint density at radius 2 is 1.80 bits per heavy atom. The number of carbonyl (C=O) groups excluding carboxylic acids is 1. The number of hydrogen-bond acceptors (Lipinski definition) is 3. The Balaban J connectivity index is 1.69. The Hall–Kier alpha value is -3.18. The summed E-state index contributed by atoms with van der Waals surface area (Å²) in [6, 6.07) is 19.4. The number of carbonyl (C=O) groups is 1. The van der Waals surface area contributed by atoms with E-state index in [4.69, 9.17) is 11.6 Å². The molecular formula is C24H23ClN4O. The highest BCUT2D eigenvalue weighted by Crippen LogP contribution is 2.28. The van der Waals surface area contributed by atoms with E-state index >= 15 is 0 Å². The minimum absolute atomic E-state index is 0.130. The van der Waals surface area contributed by atoms with Gasteiger partial charge in [-0.1, -0.05) is 61.0 Å². The minimum atomic E-state index is -0.130. The van der Waals surface area contributed by atoms with Crippen LogP contribution in [-0.2, 0) is 0 Å². The molecule has 0 aliphatic heterocycles. The van der Waals surface area contributed by atoms with Crippen LogP contribution in [0.2, 0.25) is 5.02 Å². The molecule has 6 heteroatoms. The molecule has 0 radical (unpaired) electrons. The zero-order valence-electron chi connectivity index (χ0n) is 17.2. The van der Waals surface area contributed by atoms with Crippen LogP contribution in [0.25, 0.3) is 16.7 Å². The third kappa shape index (κ3) is 3.81. The first-order valence-corrected chi connectivity index (χ1v) is 10.3. The molecule has 0 spiro atoms. The number of rotatable bonds is 5. The maximum atomic E-state index is 13.1. The zero-order valence-corrected chi connectivity index (χ0v) is 17.9. The van der Waals surface area contributed by atoms with Crippen molar-refractivity contribution in [2.75, 3.05) is 6.54 Å². The van der Waals surface area contributed by atoms with E-state index < -0.39 is 0 Å². The number of fused-ring (bicyclic) bond motifs is 1. The van der Waals surface area contributed by atoms with Crippen LogP contribution < -0.4 is 5.32 Å². The fourth-order valence-electron chi connectivity index (χ4n) is 3.63. The molecule has 0 bridgehead atoms. The lowest BCUT2D eigenvalue weighted by atomic mass is 10.0. The van der Waals surface area contributed by atoms with Crippen LogP contribution in [0.4, 0.5) is 0 Å². The van der Waals surface area contributed by atoms with Crippen molar-refractivity contribution in [3.05, 3.63) is 88.2 Å². The van der Waals surface area contributed by atoms with Gasteiger partial charge in [-0.25, -0.2) is 9.67 Å². The number of para-hydroxylation sites is 1. The van der Waals surface area contributed by atoms with Crippen molar-refractivity contribution in [3.8, 4) is 5.69 Å². The summed E-state index contributed by atoms with van der Waals surface area (Å²) in [6.07, 6.45) is 0. The molecule has 4 aromatic rings. The molecule has 0 aliphatic rings. The largest absolute Gasteiger partial charge is 0.351 e. The van der Waals surface area contributed by atoms with E-state index in [0.29, 0.717) is 22.8 Å². The minimum Gasteiger partial charge on any atom is -0.351 e. The molecule has 0 saturated carbocycles. The molecule has 0 unspecified atom stereocenters. The van der Waals surface area contributed by atoms with Crippen LogP contribution in [0, 0.1) is 13.8 Å². The van der Waals surface area contributed by atoms with Crippen LogP contribution in [0.1, 0.15) is 40.2 Å². The molecular weight excluding hydrogens is 396 g/mol. The van der Waals surface area contributed by atoms with Gasteiger partial charge in [0.15, 0.2) is 5.65 Å². The van der Waals surface area contributed by atoms with E-state index in [1.54, 1.807) is 4.68 Å². The summed E-state index contributed by atoms with van der Waals surface area (Å²) in [5, 5.41) is 9.03. The summed E-state index contributed by atoms with van der Waals surface area (Å²) >= 11 is 6.39. The summed E-state index contributed by atoms with van der Waals surface area (Å²) in [5.74, 6) is 0.0793. The van der Waals surface area contributed by atoms with Gasteiger partial charge in [0.05, 0.1) is 27.4 Å². The first-order valence-electron chi connectivity index (χ1n) is 9.90. The van der Waals surface area contributed by atoms with Gasteiger partial charge in [0.1, 0.15) is 0 Å². The molecule has 2 heterocycles. The first-order chi connectivity index (χ1) is 14.5. The fraction of sp³-hybridized carbons (Fsp3) is 0.208. The molecule has 2 aromatic heterocycles. The molecule has 30 heavy (non-hydrogen) atoms. The number of amides is 1. The Bertz CT molecular complexity index is 1220. The molecule has 2 aromatic carbocycles. The molecule has 4 rings (SSSR count). The van der Waals surface area contributed by atoms with E-state index in [1.165, 1.54) is 5.56 Å². The van der Waals surface area contributed by atoms with Crippen molar-refractivity contribution in [2.24, 2.45) is 0 Å². The third-order valence-corrected chi connectivity index (χ3v) is 5.52. The van der Waals surface area contributed by atoms with Crippen molar-refractivity contribution < 1.29 is 4.79 Å². The normalized spacial score (nSPS) is 12.1. The van der Waals surface area contributed by atoms with Gasteiger partial charge in [-0.2, -0.15) is 5.10 Å². The van der Waals surface area contributed by atoms with Gasteiger partial charge < -0.3 is 5.32 Å². The summed E-state index contributed by atoms with van der Waals surface area (Å²) in [7, 11) is 0. The Morgan fingerprint density at radius 3 is 2.53 bits per heavy atom. The Kier molecular flexibility index (Phi) is 5.55. The maximum absolute atomic E-state index is 13.1. The van der Waals surface area contributed by atoms with Gasteiger partial charge in [-0.05, 0) is 43.5 Å². The monoisotopic (exact) mass is 418 g/mol. The van der Waals surface area contributed by atoms with Crippen molar-refractivity contribution in [1.82, 2.24) is 20.1 Å². The van der Waals surface area contributed by atoms with Gasteiger partial charge in [-0.15, -0.1) is 0 Å². The number of nitrogens with zero attached hydrogens (tertiary/aromatic N) is 3. The van der Waals surface area contributed by atoms with Crippen LogP contribution in [0.3, 0.4) is 0 Å². The van der Waals surface area contributed by atoms with Crippen LogP contribution in [0.15, 0.2) is 60.7 Å². The average Bonchev–Trinajstić information content (AvgIpc) is 3.08. The second-order valence-corrected chi connectivity index (χ2v) is 7.89. The number of benzene rings is 2. The number of halogens is 1. The lowest BCUT2D eigenvalue weighted by molar-refractivity contribution is 0.0953. The Morgan fingerprint density at radius 1 is 1.10 bits per heavy atom. The third-order valence-electron chi connectivity index (χ3n) is 5.20. The first kappa shape index (κ1) is 20.1. The van der Waals surface area contributed by atoms with Crippen molar-refractivity contribution in [2.45, 2.75) is 26.7 Å². The van der Waals surface area contributed by atoms with E-state index in [1.807, 2.05) is 62.4 Å². The molecule has 0 fully saturated rings. The molecule has 1 atom stereocenters. The predicted octanol–water partition coefficient (Wildman–Crippen LogP) is 5.22. The molecule has 0 saturated heterocycles. The highest BCUT2D eigenvalue weighted by atomic mass is 35.5. The maximum Gasteiger partial charge on any atom is 0.252 e. The van der Waals surface area contributed by atoms with Crippen molar-refractivity contribution in [1.29, 1.82) is 0 Å². The number of pyridine rings is 1. The summed E-state index contributed by atoms with van der Waals surface area (Å²) < 4.78 is 1.71. The number of aryl methyl sites for hydroxylation is 2. The second-order valence-electron chi connectivity index (χ2n) is 7.48. The molecule has 5 nitrogen and oxygen atoms in total. The quantitative estimate of drug-likeness (QED) is 0.483. The molecule has 1 N–H and O–H groups in total. The van der Waals surface area contributed by atoms with E-state index in [-0.39, 0.29) is 11.8 Å². The van der Waals surface area contributed by atoms with E-state index in [0.717, 1.165) is 22.5 Å². The zero-order chi connectivity index (χ0) is 21.3. The average molecular weight is 419 g/mol. The standard InChI is InChI=1S/C24H23ClN4O/c1-15(18-9-5-4-6-10-18)14-26-24(30)19-13-16(2)27-23-22(19)17(3)28-29(23)21-12-8-7-11-20(21)25/h4-13,15H,14H2,1-3H3,(H,26,30)/t15-/m0/s1. The van der Waals surface area contributed by atoms with Gasteiger partial charge in [0.2, 0.25) is 0 Å². The van der Waals surface area contributed by atoms with Crippen molar-refractivity contribution in [3.63, 3.8) is 0 Å². The topological polar surface area (TPSA) is 59.8 Å². The molecule has 152 valence electrons. The van der Waals surface area contributed by atoms with Crippen LogP contribution >= 0.6 is 11.6 Å². The van der Waals surface area contributed by atoms with E-state index in [2.05, 4.69) is 34.5 Å². The highest BCUT2D eigenvalue weighted by Gasteiger charge is 2.20. The fourth-order valence-corrected chi connectivity index (χ4v) is 3.84. The van der Waals surface area contributed by atoms with E-state index in [9.17, 15) is 4.79 Å². The summed E-state index contributed by atoms with van der Waals surface area (Å²) in [4.78, 5) is 17.8. The second kappa shape index (κ2) is 8.28. The highest BCUT2D eigenvalue weighted by molar-refractivity contribution is 6.32. The van der Waals surface area contributed by atoms with Crippen LogP contribution in [-0.4, -0.2) is 27.2 Å². The van der Waals surface area contributed by atoms with Gasteiger partial charge in [-0.3, -0.25) is 4.79 Å². The lowest BCUT2D eigenvalue weighted by Crippen LogP contribution is -2.28. The summed E-state index contributed by atoms with van der Waals surface area (Å²) in [5.41, 5.74) is 4.61. The lowest BCUT2D eigenvalue weighted by Gasteiger charge is -2.14. The van der Waals surface area contributed by atoms with Gasteiger partial charge >= 0.3 is 0 Å². The summed E-state index contributed by atoms with van der Waals surface area (Å²) in [6.45, 7) is 6.41. The number of nitrogens with one attached hydrogen (secondary N) is 1. The Labute approximate surface area is 180 Å². The van der Waals surface area contributed by atoms with Gasteiger partial charge in [0.25, 0.3) is 5.91 Å². The SMILES string of the molecule is Cc1cc(C(=O)NC[C@H](C)c2ccccc2)c2c(C)nn(-c3ccccc3Cl)c2n1. The molecule has 0 aliphatic carbocycles. The predicted molar refractivity (Wildman–Crippen MR) is 121 cm³/mol. The van der Waals surface area contributed by atoms with Crippen molar-refractivity contribution >= 4 is 28.5 Å². The van der Waals surface area contributed by atoms with Crippen LogP contribution in [0.5, 0.6) is 0 Å². The number of aromatic nitrogens is 3.